The van der Waals surface area contributed by atoms with Crippen LogP contribution in [-0.4, -0.2) is 14.4 Å². The van der Waals surface area contributed by atoms with Crippen LogP contribution in [0.1, 0.15) is 0 Å². The fourth-order valence-electron chi connectivity index (χ4n) is 4.63. The van der Waals surface area contributed by atoms with Gasteiger partial charge in [-0.25, -0.2) is 9.97 Å². The molecule has 3 heterocycles. The van der Waals surface area contributed by atoms with Crippen molar-refractivity contribution in [3.8, 4) is 33.6 Å². The van der Waals surface area contributed by atoms with Crippen LogP contribution in [0.3, 0.4) is 0 Å². The van der Waals surface area contributed by atoms with Gasteiger partial charge in [0, 0.05) is 11.1 Å². The van der Waals surface area contributed by atoms with Crippen molar-refractivity contribution >= 4 is 37.5 Å². The first-order chi connectivity index (χ1) is 16.8. The number of hydrogen-bond acceptors (Lipinski definition) is 3. The predicted molar refractivity (Wildman–Crippen MR) is 142 cm³/mol. The fraction of sp³-hybridized carbons (Fsp3) is 0. The Morgan fingerprint density at radius 2 is 1.21 bits per heavy atom. The molecule has 4 heteroatoms. The smallest absolute Gasteiger partial charge is 0.195 e. The Morgan fingerprint density at radius 1 is 0.529 bits per heavy atom. The van der Waals surface area contributed by atoms with Gasteiger partial charge in [0.15, 0.2) is 4.96 Å². The molecule has 0 atom stereocenters. The van der Waals surface area contributed by atoms with Gasteiger partial charge in [0.1, 0.15) is 0 Å². The van der Waals surface area contributed by atoms with Crippen LogP contribution in [0.25, 0.3) is 59.9 Å². The Morgan fingerprint density at radius 3 is 2.03 bits per heavy atom. The standard InChI is InChI=1S/C30H19N3S/c1-3-10-20(11-4-1)22-18-25(21-12-5-2-6-13-21)31-26(19-22)23-14-9-17-28-29(23)34-30-32-24-15-7-8-16-27(24)33(28)30/h1-19H. The molecule has 0 aliphatic heterocycles. The zero-order valence-corrected chi connectivity index (χ0v) is 19.0. The van der Waals surface area contributed by atoms with Crippen LogP contribution in [0.5, 0.6) is 0 Å². The summed E-state index contributed by atoms with van der Waals surface area (Å²) in [5.74, 6) is 0. The lowest BCUT2D eigenvalue weighted by atomic mass is 10.00. The van der Waals surface area contributed by atoms with Gasteiger partial charge in [0.2, 0.25) is 0 Å². The molecule has 160 valence electrons. The number of pyridine rings is 1. The lowest BCUT2D eigenvalue weighted by Crippen LogP contribution is -1.91. The molecule has 0 radical (unpaired) electrons. The molecule has 4 aromatic carbocycles. The van der Waals surface area contributed by atoms with Gasteiger partial charge < -0.3 is 0 Å². The van der Waals surface area contributed by atoms with Gasteiger partial charge in [0.25, 0.3) is 0 Å². The van der Waals surface area contributed by atoms with E-state index in [2.05, 4.69) is 108 Å². The first kappa shape index (κ1) is 19.2. The topological polar surface area (TPSA) is 30.2 Å². The highest BCUT2D eigenvalue weighted by Crippen LogP contribution is 2.38. The van der Waals surface area contributed by atoms with Gasteiger partial charge in [-0.3, -0.25) is 4.40 Å². The van der Waals surface area contributed by atoms with Crippen LogP contribution in [0, 0.1) is 0 Å². The highest BCUT2D eigenvalue weighted by atomic mass is 32.1. The minimum atomic E-state index is 0.972. The molecular formula is C30H19N3S. The van der Waals surface area contributed by atoms with Crippen molar-refractivity contribution in [2.45, 2.75) is 0 Å². The number of nitrogens with zero attached hydrogens (tertiary/aromatic N) is 3. The predicted octanol–water partition coefficient (Wildman–Crippen LogP) is 8.10. The highest BCUT2D eigenvalue weighted by Gasteiger charge is 2.16. The van der Waals surface area contributed by atoms with Crippen molar-refractivity contribution in [1.29, 1.82) is 0 Å². The SMILES string of the molecule is c1ccc(-c2cc(-c3ccccc3)nc(-c3cccc4c3sc3nc5ccccc5n34)c2)cc1. The van der Waals surface area contributed by atoms with Crippen LogP contribution in [0.15, 0.2) is 115 Å². The molecular weight excluding hydrogens is 434 g/mol. The highest BCUT2D eigenvalue weighted by molar-refractivity contribution is 7.24. The Labute approximate surface area is 200 Å². The van der Waals surface area contributed by atoms with E-state index >= 15 is 0 Å². The van der Waals surface area contributed by atoms with Gasteiger partial charge in [-0.1, -0.05) is 96.3 Å². The molecule has 34 heavy (non-hydrogen) atoms. The number of rotatable bonds is 3. The van der Waals surface area contributed by atoms with E-state index in [1.807, 2.05) is 12.1 Å². The van der Waals surface area contributed by atoms with Gasteiger partial charge in [0.05, 0.1) is 32.6 Å². The molecule has 0 amide bonds. The second-order valence-electron chi connectivity index (χ2n) is 8.33. The van der Waals surface area contributed by atoms with Crippen LogP contribution >= 0.6 is 11.3 Å². The monoisotopic (exact) mass is 453 g/mol. The second kappa shape index (κ2) is 7.65. The van der Waals surface area contributed by atoms with E-state index in [0.717, 1.165) is 44.1 Å². The second-order valence-corrected chi connectivity index (χ2v) is 9.31. The molecule has 0 aliphatic carbocycles. The van der Waals surface area contributed by atoms with Crippen LogP contribution in [0.4, 0.5) is 0 Å². The third-order valence-electron chi connectivity index (χ3n) is 6.24. The number of benzene rings is 4. The Bertz CT molecular complexity index is 1740. The van der Waals surface area contributed by atoms with E-state index in [0.29, 0.717) is 0 Å². The van der Waals surface area contributed by atoms with Crippen molar-refractivity contribution in [2.75, 3.05) is 0 Å². The minimum Gasteiger partial charge on any atom is -0.283 e. The summed E-state index contributed by atoms with van der Waals surface area (Å²) in [5, 5.41) is 0. The molecule has 0 N–H and O–H groups in total. The number of thiazole rings is 1. The lowest BCUT2D eigenvalue weighted by Gasteiger charge is -2.11. The molecule has 0 saturated heterocycles. The van der Waals surface area contributed by atoms with E-state index < -0.39 is 0 Å². The molecule has 0 unspecified atom stereocenters. The average molecular weight is 454 g/mol. The summed E-state index contributed by atoms with van der Waals surface area (Å²) in [7, 11) is 0. The molecule has 7 rings (SSSR count). The molecule has 0 saturated carbocycles. The van der Waals surface area contributed by atoms with Gasteiger partial charge in [-0.2, -0.15) is 0 Å². The molecule has 0 fully saturated rings. The zero-order valence-electron chi connectivity index (χ0n) is 18.2. The molecule has 3 nitrogen and oxygen atoms in total. The molecule has 3 aromatic heterocycles. The van der Waals surface area contributed by atoms with Crippen LogP contribution < -0.4 is 0 Å². The number of hydrogen-bond donors (Lipinski definition) is 0. The van der Waals surface area contributed by atoms with Crippen LogP contribution in [0.2, 0.25) is 0 Å². The Balaban J connectivity index is 1.51. The summed E-state index contributed by atoms with van der Waals surface area (Å²) in [4.78, 5) is 11.0. The van der Waals surface area contributed by atoms with Crippen molar-refractivity contribution in [3.05, 3.63) is 115 Å². The number of para-hydroxylation sites is 2. The third-order valence-corrected chi connectivity index (χ3v) is 7.33. The summed E-state index contributed by atoms with van der Waals surface area (Å²) in [6.07, 6.45) is 0. The summed E-state index contributed by atoms with van der Waals surface area (Å²) >= 11 is 1.72. The van der Waals surface area contributed by atoms with Crippen LogP contribution in [-0.2, 0) is 0 Å². The van der Waals surface area contributed by atoms with Crippen molar-refractivity contribution < 1.29 is 0 Å². The molecule has 7 aromatic rings. The maximum Gasteiger partial charge on any atom is 0.195 e. The third kappa shape index (κ3) is 3.04. The molecule has 0 spiro atoms. The summed E-state index contributed by atoms with van der Waals surface area (Å²) in [5.41, 5.74) is 9.86. The summed E-state index contributed by atoms with van der Waals surface area (Å²) in [6.45, 7) is 0. The van der Waals surface area contributed by atoms with Gasteiger partial charge in [-0.15, -0.1) is 0 Å². The van der Waals surface area contributed by atoms with Crippen molar-refractivity contribution in [3.63, 3.8) is 0 Å². The van der Waals surface area contributed by atoms with Crippen molar-refractivity contribution in [2.24, 2.45) is 0 Å². The fourth-order valence-corrected chi connectivity index (χ4v) is 5.79. The first-order valence-electron chi connectivity index (χ1n) is 11.3. The average Bonchev–Trinajstić information content (AvgIpc) is 3.45. The Kier molecular flexibility index (Phi) is 4.32. The summed E-state index contributed by atoms with van der Waals surface area (Å²) in [6, 6.07) is 40.1. The maximum atomic E-state index is 5.14. The van der Waals surface area contributed by atoms with E-state index in [9.17, 15) is 0 Å². The van der Waals surface area contributed by atoms with E-state index in [4.69, 9.17) is 9.97 Å². The quantitative estimate of drug-likeness (QED) is 0.270. The molecule has 0 bridgehead atoms. The number of aromatic nitrogens is 3. The molecule has 0 aliphatic rings. The van der Waals surface area contributed by atoms with E-state index in [1.54, 1.807) is 11.3 Å². The van der Waals surface area contributed by atoms with Gasteiger partial charge in [-0.05, 0) is 41.5 Å². The zero-order chi connectivity index (χ0) is 22.5. The van der Waals surface area contributed by atoms with Gasteiger partial charge >= 0.3 is 0 Å². The lowest BCUT2D eigenvalue weighted by molar-refractivity contribution is 1.32. The summed E-state index contributed by atoms with van der Waals surface area (Å²) < 4.78 is 3.46. The Hall–Kier alpha value is -4.28. The normalized spacial score (nSPS) is 11.5. The number of fused-ring (bicyclic) bond motifs is 5. The number of imidazole rings is 1. The largest absolute Gasteiger partial charge is 0.283 e. The maximum absolute atomic E-state index is 5.14. The minimum absolute atomic E-state index is 0.972. The van der Waals surface area contributed by atoms with Crippen molar-refractivity contribution in [1.82, 2.24) is 14.4 Å². The van der Waals surface area contributed by atoms with E-state index in [1.165, 1.54) is 15.8 Å². The first-order valence-corrected chi connectivity index (χ1v) is 12.1. The van der Waals surface area contributed by atoms with E-state index in [-0.39, 0.29) is 0 Å².